The van der Waals surface area contributed by atoms with Gasteiger partial charge in [0.1, 0.15) is 0 Å². The lowest BCUT2D eigenvalue weighted by Gasteiger charge is -2.03. The molecule has 0 atom stereocenters. The van der Waals surface area contributed by atoms with E-state index in [4.69, 9.17) is 4.74 Å². The molecule has 2 N–H and O–H groups in total. The Morgan fingerprint density at radius 3 is 1.38 bits per heavy atom. The minimum Gasteiger partial charge on any atom is -0.412 e. The van der Waals surface area contributed by atoms with Gasteiger partial charge in [-0.3, -0.25) is 0 Å². The summed E-state index contributed by atoms with van der Waals surface area (Å²) in [5.74, 6) is 0. The minimum atomic E-state index is 0. The number of hydrogen-bond donors (Lipinski definition) is 0. The molecule has 2 heteroatoms. The number of benzene rings is 2. The van der Waals surface area contributed by atoms with Crippen molar-refractivity contribution in [1.82, 2.24) is 0 Å². The first-order chi connectivity index (χ1) is 7.45. The van der Waals surface area contributed by atoms with Crippen molar-refractivity contribution in [3.05, 3.63) is 71.8 Å². The number of rotatable bonds is 4. The number of ether oxygens (including phenoxy) is 1. The van der Waals surface area contributed by atoms with Crippen LogP contribution in [0.5, 0.6) is 0 Å². The van der Waals surface area contributed by atoms with Crippen molar-refractivity contribution in [1.29, 1.82) is 0 Å². The molecule has 84 valence electrons. The van der Waals surface area contributed by atoms with Crippen LogP contribution in [0.4, 0.5) is 0 Å². The molecule has 0 aliphatic rings. The van der Waals surface area contributed by atoms with Crippen molar-refractivity contribution in [2.45, 2.75) is 13.2 Å². The predicted octanol–water partition coefficient (Wildman–Crippen LogP) is 2.58. The normalized spacial score (nSPS) is 9.50. The Kier molecular flexibility index (Phi) is 5.26. The zero-order chi connectivity index (χ0) is 10.3. The van der Waals surface area contributed by atoms with Gasteiger partial charge in [0.25, 0.3) is 0 Å². The van der Waals surface area contributed by atoms with Gasteiger partial charge in [0, 0.05) is 0 Å². The highest BCUT2D eigenvalue weighted by Gasteiger charge is 1.93. The van der Waals surface area contributed by atoms with E-state index in [1.165, 1.54) is 11.1 Å². The highest BCUT2D eigenvalue weighted by Crippen LogP contribution is 2.05. The standard InChI is InChI=1S/C14H14O.H2O/c1-3-7-13(8-4-1)11-15-12-14-9-5-2-6-10-14;/h1-10H,11-12H2;1H2. The molecule has 16 heavy (non-hydrogen) atoms. The van der Waals surface area contributed by atoms with Gasteiger partial charge in [-0.25, -0.2) is 0 Å². The molecule has 0 bridgehead atoms. The van der Waals surface area contributed by atoms with Crippen molar-refractivity contribution >= 4 is 0 Å². The first-order valence-corrected chi connectivity index (χ1v) is 5.11. The highest BCUT2D eigenvalue weighted by atomic mass is 16.5. The predicted molar refractivity (Wildman–Crippen MR) is 65.0 cm³/mol. The molecule has 0 fully saturated rings. The van der Waals surface area contributed by atoms with E-state index in [0.717, 1.165) is 0 Å². The number of hydrogen-bond acceptors (Lipinski definition) is 1. The van der Waals surface area contributed by atoms with Crippen LogP contribution in [-0.4, -0.2) is 5.48 Å². The first-order valence-electron chi connectivity index (χ1n) is 5.11. The Hall–Kier alpha value is -1.64. The third-order valence-electron chi connectivity index (χ3n) is 2.22. The van der Waals surface area contributed by atoms with Crippen LogP contribution in [0.15, 0.2) is 60.7 Å². The molecular formula is C14H16O2. The van der Waals surface area contributed by atoms with Gasteiger partial charge in [0.15, 0.2) is 0 Å². The Labute approximate surface area is 95.8 Å². The van der Waals surface area contributed by atoms with Gasteiger partial charge in [0.05, 0.1) is 13.2 Å². The fourth-order valence-electron chi connectivity index (χ4n) is 1.44. The second-order valence-electron chi connectivity index (χ2n) is 3.46. The molecule has 0 amide bonds. The van der Waals surface area contributed by atoms with E-state index < -0.39 is 0 Å². The molecule has 0 radical (unpaired) electrons. The van der Waals surface area contributed by atoms with Crippen molar-refractivity contribution in [3.8, 4) is 0 Å². The van der Waals surface area contributed by atoms with Gasteiger partial charge >= 0.3 is 0 Å². The quantitative estimate of drug-likeness (QED) is 0.774. The molecule has 0 aliphatic carbocycles. The van der Waals surface area contributed by atoms with E-state index in [2.05, 4.69) is 24.3 Å². The molecular weight excluding hydrogens is 200 g/mol. The van der Waals surface area contributed by atoms with E-state index in [1.807, 2.05) is 36.4 Å². The summed E-state index contributed by atoms with van der Waals surface area (Å²) in [4.78, 5) is 0. The fraction of sp³-hybridized carbons (Fsp3) is 0.143. The fourth-order valence-corrected chi connectivity index (χ4v) is 1.44. The Morgan fingerprint density at radius 1 is 0.625 bits per heavy atom. The van der Waals surface area contributed by atoms with Crippen molar-refractivity contribution < 1.29 is 10.2 Å². The molecule has 0 saturated heterocycles. The van der Waals surface area contributed by atoms with Crippen LogP contribution >= 0.6 is 0 Å². The second kappa shape index (κ2) is 6.77. The maximum absolute atomic E-state index is 5.61. The van der Waals surface area contributed by atoms with Crippen molar-refractivity contribution in [2.24, 2.45) is 0 Å². The molecule has 0 spiro atoms. The van der Waals surface area contributed by atoms with Crippen LogP contribution in [0, 0.1) is 0 Å². The largest absolute Gasteiger partial charge is 0.412 e. The monoisotopic (exact) mass is 216 g/mol. The molecule has 0 aliphatic heterocycles. The Bertz CT molecular complexity index is 344. The molecule has 2 aromatic carbocycles. The summed E-state index contributed by atoms with van der Waals surface area (Å²) in [6.07, 6.45) is 0. The molecule has 2 nitrogen and oxygen atoms in total. The van der Waals surface area contributed by atoms with Crippen LogP contribution in [0.1, 0.15) is 11.1 Å². The van der Waals surface area contributed by atoms with E-state index >= 15 is 0 Å². The second-order valence-corrected chi connectivity index (χ2v) is 3.46. The topological polar surface area (TPSA) is 40.7 Å². The maximum atomic E-state index is 5.61. The van der Waals surface area contributed by atoms with Crippen LogP contribution < -0.4 is 0 Å². The van der Waals surface area contributed by atoms with Crippen LogP contribution in [0.25, 0.3) is 0 Å². The van der Waals surface area contributed by atoms with Crippen LogP contribution in [0.3, 0.4) is 0 Å². The molecule has 0 saturated carbocycles. The van der Waals surface area contributed by atoms with Gasteiger partial charge in [-0.1, -0.05) is 60.7 Å². The molecule has 0 aromatic heterocycles. The Balaban J connectivity index is 0.00000128. The van der Waals surface area contributed by atoms with Gasteiger partial charge in [-0.05, 0) is 11.1 Å². The van der Waals surface area contributed by atoms with Gasteiger partial charge in [0.2, 0.25) is 0 Å². The van der Waals surface area contributed by atoms with Gasteiger partial charge in [-0.15, -0.1) is 0 Å². The average molecular weight is 216 g/mol. The molecule has 0 unspecified atom stereocenters. The summed E-state index contributed by atoms with van der Waals surface area (Å²) < 4.78 is 5.61. The minimum absolute atomic E-state index is 0. The molecule has 0 heterocycles. The zero-order valence-corrected chi connectivity index (χ0v) is 9.10. The van der Waals surface area contributed by atoms with Crippen LogP contribution in [-0.2, 0) is 18.0 Å². The van der Waals surface area contributed by atoms with E-state index in [1.54, 1.807) is 0 Å². The summed E-state index contributed by atoms with van der Waals surface area (Å²) >= 11 is 0. The zero-order valence-electron chi connectivity index (χ0n) is 9.10. The third kappa shape index (κ3) is 3.85. The summed E-state index contributed by atoms with van der Waals surface area (Å²) in [5, 5.41) is 0. The van der Waals surface area contributed by atoms with E-state index in [9.17, 15) is 0 Å². The van der Waals surface area contributed by atoms with Crippen molar-refractivity contribution in [2.75, 3.05) is 0 Å². The third-order valence-corrected chi connectivity index (χ3v) is 2.22. The lowest BCUT2D eigenvalue weighted by Crippen LogP contribution is -1.93. The summed E-state index contributed by atoms with van der Waals surface area (Å²) in [6.45, 7) is 1.35. The molecule has 2 aromatic rings. The summed E-state index contributed by atoms with van der Waals surface area (Å²) in [5.41, 5.74) is 2.43. The lowest BCUT2D eigenvalue weighted by atomic mass is 10.2. The van der Waals surface area contributed by atoms with Crippen molar-refractivity contribution in [3.63, 3.8) is 0 Å². The van der Waals surface area contributed by atoms with Gasteiger partial charge in [-0.2, -0.15) is 0 Å². The SMILES string of the molecule is O.c1ccc(COCc2ccccc2)cc1. The summed E-state index contributed by atoms with van der Waals surface area (Å²) in [7, 11) is 0. The average Bonchev–Trinajstić information content (AvgIpc) is 2.32. The maximum Gasteiger partial charge on any atom is 0.0721 e. The smallest absolute Gasteiger partial charge is 0.0721 e. The lowest BCUT2D eigenvalue weighted by molar-refractivity contribution is 0.107. The molecule has 2 rings (SSSR count). The summed E-state index contributed by atoms with van der Waals surface area (Å²) in [6, 6.07) is 20.4. The van der Waals surface area contributed by atoms with Crippen LogP contribution in [0.2, 0.25) is 0 Å². The highest BCUT2D eigenvalue weighted by molar-refractivity contribution is 5.15. The Morgan fingerprint density at radius 2 is 1.00 bits per heavy atom. The van der Waals surface area contributed by atoms with Gasteiger partial charge < -0.3 is 10.2 Å². The first kappa shape index (κ1) is 12.4. The van der Waals surface area contributed by atoms with E-state index in [-0.39, 0.29) is 5.48 Å². The van der Waals surface area contributed by atoms with E-state index in [0.29, 0.717) is 13.2 Å².